The van der Waals surface area contributed by atoms with Crippen LogP contribution in [0.5, 0.6) is 0 Å². The Bertz CT molecular complexity index is 623. The Labute approximate surface area is 142 Å². The summed E-state index contributed by atoms with van der Waals surface area (Å²) in [6, 6.07) is 21.7. The van der Waals surface area contributed by atoms with Crippen molar-refractivity contribution in [2.75, 3.05) is 22.9 Å². The minimum atomic E-state index is 0.381. The molecule has 0 spiro atoms. The second kappa shape index (κ2) is 6.32. The molecule has 3 heteroatoms. The van der Waals surface area contributed by atoms with Gasteiger partial charge < -0.3 is 9.80 Å². The van der Waals surface area contributed by atoms with Gasteiger partial charge in [0.1, 0.15) is 6.17 Å². The summed E-state index contributed by atoms with van der Waals surface area (Å²) >= 11 is 2.07. The van der Waals surface area contributed by atoms with E-state index in [-0.39, 0.29) is 0 Å². The molecular formula is C20H22N2S. The second-order valence-electron chi connectivity index (χ2n) is 6.16. The summed E-state index contributed by atoms with van der Waals surface area (Å²) < 4.78 is 0. The second-order valence-corrected chi connectivity index (χ2v) is 7.72. The number of hydrogen-bond donors (Lipinski definition) is 0. The summed E-state index contributed by atoms with van der Waals surface area (Å²) in [5.41, 5.74) is 2.65. The van der Waals surface area contributed by atoms with E-state index in [0.29, 0.717) is 16.7 Å². The van der Waals surface area contributed by atoms with Crippen LogP contribution in [-0.4, -0.2) is 29.8 Å². The summed E-state index contributed by atoms with van der Waals surface area (Å²) in [5, 5.41) is 1.11. The van der Waals surface area contributed by atoms with Crippen LogP contribution in [0.3, 0.4) is 0 Å². The van der Waals surface area contributed by atoms with E-state index >= 15 is 0 Å². The molecule has 0 radical (unpaired) electrons. The van der Waals surface area contributed by atoms with Gasteiger partial charge in [0.15, 0.2) is 0 Å². The lowest BCUT2D eigenvalue weighted by molar-refractivity contribution is 0.691. The molecule has 118 valence electrons. The van der Waals surface area contributed by atoms with Crippen LogP contribution in [0.1, 0.15) is 6.92 Å². The van der Waals surface area contributed by atoms with E-state index in [2.05, 4.69) is 101 Å². The van der Waals surface area contributed by atoms with Gasteiger partial charge >= 0.3 is 0 Å². The molecular weight excluding hydrogens is 300 g/mol. The smallest absolute Gasteiger partial charge is 0.117 e. The number of benzene rings is 2. The van der Waals surface area contributed by atoms with Crippen LogP contribution < -0.4 is 9.80 Å². The summed E-state index contributed by atoms with van der Waals surface area (Å²) in [6.07, 6.45) is 5.13. The third-order valence-corrected chi connectivity index (χ3v) is 5.93. The first-order valence-electron chi connectivity index (χ1n) is 8.30. The van der Waals surface area contributed by atoms with Crippen LogP contribution in [0.25, 0.3) is 0 Å². The molecule has 2 aromatic carbocycles. The number of thioether (sulfide) groups is 1. The third-order valence-electron chi connectivity index (χ3n) is 4.63. The van der Waals surface area contributed by atoms with Crippen molar-refractivity contribution in [3.63, 3.8) is 0 Å². The van der Waals surface area contributed by atoms with Crippen molar-refractivity contribution >= 4 is 23.1 Å². The SMILES string of the molecule is CC1C=CC(C2N(c3ccccc3)CCN2c2ccccc2)S1. The molecule has 0 saturated carbocycles. The maximum atomic E-state index is 2.56. The van der Waals surface area contributed by atoms with E-state index in [1.165, 1.54) is 11.4 Å². The van der Waals surface area contributed by atoms with Crippen molar-refractivity contribution in [3.8, 4) is 0 Å². The summed E-state index contributed by atoms with van der Waals surface area (Å²) in [4.78, 5) is 5.13. The van der Waals surface area contributed by atoms with Gasteiger partial charge in [0.25, 0.3) is 0 Å². The summed E-state index contributed by atoms with van der Waals surface area (Å²) in [6.45, 7) is 4.43. The van der Waals surface area contributed by atoms with Gasteiger partial charge in [-0.25, -0.2) is 0 Å². The average molecular weight is 322 g/mol. The third kappa shape index (κ3) is 2.86. The van der Waals surface area contributed by atoms with Crippen molar-refractivity contribution in [3.05, 3.63) is 72.8 Å². The van der Waals surface area contributed by atoms with E-state index in [9.17, 15) is 0 Å². The quantitative estimate of drug-likeness (QED) is 0.773. The highest BCUT2D eigenvalue weighted by Gasteiger charge is 2.39. The molecule has 2 aliphatic rings. The maximum Gasteiger partial charge on any atom is 0.117 e. The van der Waals surface area contributed by atoms with Gasteiger partial charge in [-0.15, -0.1) is 11.8 Å². The maximum absolute atomic E-state index is 2.56. The fourth-order valence-corrected chi connectivity index (χ4v) is 4.87. The van der Waals surface area contributed by atoms with Crippen LogP contribution >= 0.6 is 11.8 Å². The molecule has 23 heavy (non-hydrogen) atoms. The Hall–Kier alpha value is -1.87. The lowest BCUT2D eigenvalue weighted by atomic mass is 10.2. The molecule has 0 bridgehead atoms. The number of rotatable bonds is 3. The minimum absolute atomic E-state index is 0.381. The van der Waals surface area contributed by atoms with Gasteiger partial charge in [-0.05, 0) is 31.2 Å². The average Bonchev–Trinajstić information content (AvgIpc) is 3.22. The van der Waals surface area contributed by atoms with E-state index in [1.54, 1.807) is 0 Å². The lowest BCUT2D eigenvalue weighted by Crippen LogP contribution is -2.45. The zero-order valence-corrected chi connectivity index (χ0v) is 14.2. The Morgan fingerprint density at radius 3 is 1.74 bits per heavy atom. The van der Waals surface area contributed by atoms with Crippen LogP contribution in [0.2, 0.25) is 0 Å². The molecule has 2 heterocycles. The Morgan fingerprint density at radius 1 is 0.783 bits per heavy atom. The lowest BCUT2D eigenvalue weighted by Gasteiger charge is -2.36. The molecule has 0 N–H and O–H groups in total. The number of para-hydroxylation sites is 2. The first-order valence-corrected chi connectivity index (χ1v) is 9.24. The molecule has 0 aromatic heterocycles. The molecule has 2 nitrogen and oxygen atoms in total. The van der Waals surface area contributed by atoms with Gasteiger partial charge in [-0.3, -0.25) is 0 Å². The first kappa shape index (κ1) is 14.7. The monoisotopic (exact) mass is 322 g/mol. The molecule has 4 rings (SSSR count). The van der Waals surface area contributed by atoms with Crippen molar-refractivity contribution in [1.29, 1.82) is 0 Å². The topological polar surface area (TPSA) is 6.48 Å². The van der Waals surface area contributed by atoms with Crippen LogP contribution in [0.4, 0.5) is 11.4 Å². The molecule has 1 fully saturated rings. The highest BCUT2D eigenvalue weighted by Crippen LogP contribution is 2.38. The van der Waals surface area contributed by atoms with Gasteiger partial charge in [0.05, 0.1) is 5.25 Å². The van der Waals surface area contributed by atoms with Crippen LogP contribution in [0, 0.1) is 0 Å². The van der Waals surface area contributed by atoms with Crippen LogP contribution in [-0.2, 0) is 0 Å². The van der Waals surface area contributed by atoms with E-state index < -0.39 is 0 Å². The number of nitrogens with zero attached hydrogens (tertiary/aromatic N) is 2. The largest absolute Gasteiger partial charge is 0.348 e. The minimum Gasteiger partial charge on any atom is -0.348 e. The zero-order valence-electron chi connectivity index (χ0n) is 13.4. The van der Waals surface area contributed by atoms with Crippen molar-refractivity contribution in [2.24, 2.45) is 0 Å². The van der Waals surface area contributed by atoms with Crippen molar-refractivity contribution in [1.82, 2.24) is 0 Å². The highest BCUT2D eigenvalue weighted by molar-refractivity contribution is 8.01. The van der Waals surface area contributed by atoms with Gasteiger partial charge in [0, 0.05) is 29.7 Å². The van der Waals surface area contributed by atoms with E-state index in [0.717, 1.165) is 13.1 Å². The molecule has 0 amide bonds. The van der Waals surface area contributed by atoms with Gasteiger partial charge in [0.2, 0.25) is 0 Å². The molecule has 2 aliphatic heterocycles. The zero-order chi connectivity index (χ0) is 15.6. The van der Waals surface area contributed by atoms with E-state index in [4.69, 9.17) is 0 Å². The predicted octanol–water partition coefficient (Wildman–Crippen LogP) is 4.40. The molecule has 2 atom stereocenters. The Balaban J connectivity index is 1.69. The van der Waals surface area contributed by atoms with Gasteiger partial charge in [-0.1, -0.05) is 48.6 Å². The number of hydrogen-bond acceptors (Lipinski definition) is 3. The van der Waals surface area contributed by atoms with Crippen LogP contribution in [0.15, 0.2) is 72.8 Å². The fourth-order valence-electron chi connectivity index (χ4n) is 3.58. The normalized spacial score (nSPS) is 24.6. The molecule has 0 aliphatic carbocycles. The molecule has 2 aromatic rings. The highest BCUT2D eigenvalue weighted by atomic mass is 32.2. The summed E-state index contributed by atoms with van der Waals surface area (Å²) in [5.74, 6) is 0. The van der Waals surface area contributed by atoms with Crippen molar-refractivity contribution < 1.29 is 0 Å². The molecule has 2 unspecified atom stereocenters. The molecule has 1 saturated heterocycles. The van der Waals surface area contributed by atoms with Crippen molar-refractivity contribution in [2.45, 2.75) is 23.6 Å². The number of anilines is 2. The van der Waals surface area contributed by atoms with E-state index in [1.807, 2.05) is 0 Å². The Kier molecular flexibility index (Phi) is 4.04. The first-order chi connectivity index (χ1) is 11.3. The predicted molar refractivity (Wildman–Crippen MR) is 101 cm³/mol. The van der Waals surface area contributed by atoms with Gasteiger partial charge in [-0.2, -0.15) is 0 Å². The fraction of sp³-hybridized carbons (Fsp3) is 0.300. The standard InChI is InChI=1S/C20H22N2S/c1-16-12-13-19(23-16)20-21(17-8-4-2-5-9-17)14-15-22(20)18-10-6-3-7-11-18/h2-13,16,19-20H,14-15H2,1H3. The Morgan fingerprint density at radius 2 is 1.30 bits per heavy atom. The summed E-state index contributed by atoms with van der Waals surface area (Å²) in [7, 11) is 0.